The Morgan fingerprint density at radius 2 is 2.16 bits per heavy atom. The van der Waals surface area contributed by atoms with Crippen LogP contribution in [0.25, 0.3) is 0 Å². The Bertz CT molecular complexity index is 597. The van der Waals surface area contributed by atoms with E-state index in [0.29, 0.717) is 6.54 Å². The van der Waals surface area contributed by atoms with Crippen molar-refractivity contribution >= 4 is 27.6 Å². The van der Waals surface area contributed by atoms with E-state index < -0.39 is 5.97 Å². The number of aromatic nitrogens is 1. The van der Waals surface area contributed by atoms with Crippen LogP contribution in [0.15, 0.2) is 41.0 Å². The third-order valence-corrected chi connectivity index (χ3v) is 3.66. The zero-order valence-electron chi connectivity index (χ0n) is 10.4. The molecule has 0 aliphatic heterocycles. The summed E-state index contributed by atoms with van der Waals surface area (Å²) in [4.78, 5) is 14.8. The molecule has 1 aromatic carbocycles. The van der Waals surface area contributed by atoms with Crippen LogP contribution in [-0.2, 0) is 6.54 Å². The van der Waals surface area contributed by atoms with E-state index in [9.17, 15) is 4.79 Å². The Balaban J connectivity index is 2.06. The Kier molecular flexibility index (Phi) is 4.16. The summed E-state index contributed by atoms with van der Waals surface area (Å²) in [5.74, 6) is -0.963. The van der Waals surface area contributed by atoms with Gasteiger partial charge in [-0.1, -0.05) is 22.0 Å². The fourth-order valence-electron chi connectivity index (χ4n) is 1.64. The molecule has 1 aromatic heterocycles. The molecule has 2 rings (SSSR count). The van der Waals surface area contributed by atoms with Gasteiger partial charge in [0.1, 0.15) is 0 Å². The van der Waals surface area contributed by atoms with Gasteiger partial charge in [0, 0.05) is 16.4 Å². The predicted octanol–water partition coefficient (Wildman–Crippen LogP) is 3.46. The number of hydrogen-bond acceptors (Lipinski definition) is 3. The maximum absolute atomic E-state index is 10.7. The topological polar surface area (TPSA) is 62.2 Å². The van der Waals surface area contributed by atoms with Gasteiger partial charge in [0.25, 0.3) is 0 Å². The van der Waals surface area contributed by atoms with E-state index in [1.165, 1.54) is 6.20 Å². The SMILES string of the molecule is Cc1c(Br)cccc1NCc1ccc(C(=O)O)cn1. The molecule has 98 valence electrons. The maximum atomic E-state index is 10.7. The van der Waals surface area contributed by atoms with E-state index in [2.05, 4.69) is 26.2 Å². The number of nitrogens with zero attached hydrogens (tertiary/aromatic N) is 1. The van der Waals surface area contributed by atoms with Gasteiger partial charge in [-0.2, -0.15) is 0 Å². The summed E-state index contributed by atoms with van der Waals surface area (Å²) in [6.07, 6.45) is 1.37. The largest absolute Gasteiger partial charge is 0.478 e. The van der Waals surface area contributed by atoms with E-state index in [0.717, 1.165) is 21.4 Å². The van der Waals surface area contributed by atoms with Crippen LogP contribution < -0.4 is 5.32 Å². The lowest BCUT2D eigenvalue weighted by Gasteiger charge is -2.10. The van der Waals surface area contributed by atoms with E-state index in [4.69, 9.17) is 5.11 Å². The lowest BCUT2D eigenvalue weighted by Crippen LogP contribution is -2.04. The first-order valence-electron chi connectivity index (χ1n) is 5.75. The summed E-state index contributed by atoms with van der Waals surface area (Å²) in [6.45, 7) is 2.57. The first kappa shape index (κ1) is 13.5. The van der Waals surface area contributed by atoms with Crippen LogP contribution >= 0.6 is 15.9 Å². The number of halogens is 1. The third-order valence-electron chi connectivity index (χ3n) is 2.80. The van der Waals surface area contributed by atoms with Gasteiger partial charge in [0.05, 0.1) is 17.8 Å². The summed E-state index contributed by atoms with van der Waals surface area (Å²) in [5.41, 5.74) is 3.15. The molecule has 0 aliphatic carbocycles. The molecule has 0 saturated heterocycles. The highest BCUT2D eigenvalue weighted by Crippen LogP contribution is 2.23. The summed E-state index contributed by atoms with van der Waals surface area (Å²) in [6, 6.07) is 9.20. The lowest BCUT2D eigenvalue weighted by atomic mass is 10.2. The molecule has 2 N–H and O–H groups in total. The number of aromatic carboxylic acids is 1. The summed E-state index contributed by atoms with van der Waals surface area (Å²) in [5, 5.41) is 12.1. The van der Waals surface area contributed by atoms with Gasteiger partial charge >= 0.3 is 5.97 Å². The van der Waals surface area contributed by atoms with Gasteiger partial charge < -0.3 is 10.4 Å². The van der Waals surface area contributed by atoms with Gasteiger partial charge in [-0.15, -0.1) is 0 Å². The molecular formula is C14H13BrN2O2. The van der Waals surface area contributed by atoms with Crippen LogP contribution in [-0.4, -0.2) is 16.1 Å². The number of rotatable bonds is 4. The zero-order valence-corrected chi connectivity index (χ0v) is 11.9. The van der Waals surface area contributed by atoms with Crippen LogP contribution in [0.4, 0.5) is 5.69 Å². The second-order valence-electron chi connectivity index (χ2n) is 4.11. The highest BCUT2D eigenvalue weighted by atomic mass is 79.9. The van der Waals surface area contributed by atoms with E-state index in [1.807, 2.05) is 25.1 Å². The lowest BCUT2D eigenvalue weighted by molar-refractivity contribution is 0.0696. The van der Waals surface area contributed by atoms with E-state index >= 15 is 0 Å². The van der Waals surface area contributed by atoms with Crippen molar-refractivity contribution in [1.82, 2.24) is 4.98 Å². The molecule has 0 spiro atoms. The first-order chi connectivity index (χ1) is 9.08. The molecule has 0 radical (unpaired) electrons. The molecule has 2 aromatic rings. The van der Waals surface area contributed by atoms with Gasteiger partial charge in [0.2, 0.25) is 0 Å². The number of anilines is 1. The smallest absolute Gasteiger partial charge is 0.337 e. The standard InChI is InChI=1S/C14H13BrN2O2/c1-9-12(15)3-2-4-13(9)17-8-11-6-5-10(7-16-11)14(18)19/h2-7,17H,8H2,1H3,(H,18,19). The van der Waals surface area contributed by atoms with Crippen molar-refractivity contribution in [2.24, 2.45) is 0 Å². The van der Waals surface area contributed by atoms with Gasteiger partial charge in [-0.3, -0.25) is 4.98 Å². The molecule has 0 atom stereocenters. The summed E-state index contributed by atoms with van der Waals surface area (Å²) < 4.78 is 1.05. The molecule has 1 heterocycles. The molecule has 0 aliphatic rings. The van der Waals surface area contributed by atoms with Crippen molar-refractivity contribution in [3.8, 4) is 0 Å². The average Bonchev–Trinajstić information content (AvgIpc) is 2.41. The van der Waals surface area contributed by atoms with Crippen LogP contribution in [0.5, 0.6) is 0 Å². The van der Waals surface area contributed by atoms with E-state index in [-0.39, 0.29) is 5.56 Å². The Labute approximate surface area is 119 Å². The van der Waals surface area contributed by atoms with Gasteiger partial charge in [0.15, 0.2) is 0 Å². The van der Waals surface area contributed by atoms with Crippen LogP contribution in [0.3, 0.4) is 0 Å². The summed E-state index contributed by atoms with van der Waals surface area (Å²) in [7, 11) is 0. The van der Waals surface area contributed by atoms with E-state index in [1.54, 1.807) is 12.1 Å². The monoisotopic (exact) mass is 320 g/mol. The number of pyridine rings is 1. The first-order valence-corrected chi connectivity index (χ1v) is 6.54. The molecule has 4 nitrogen and oxygen atoms in total. The second-order valence-corrected chi connectivity index (χ2v) is 4.96. The maximum Gasteiger partial charge on any atom is 0.337 e. The fourth-order valence-corrected chi connectivity index (χ4v) is 2.01. The molecule has 0 saturated carbocycles. The summed E-state index contributed by atoms with van der Waals surface area (Å²) >= 11 is 3.48. The minimum absolute atomic E-state index is 0.197. The normalized spacial score (nSPS) is 10.2. The highest BCUT2D eigenvalue weighted by Gasteiger charge is 2.04. The number of carboxylic acids is 1. The molecule has 5 heteroatoms. The van der Waals surface area contributed by atoms with Crippen molar-refractivity contribution in [2.75, 3.05) is 5.32 Å². The number of benzene rings is 1. The zero-order chi connectivity index (χ0) is 13.8. The Hall–Kier alpha value is -1.88. The molecule has 0 unspecified atom stereocenters. The second kappa shape index (κ2) is 5.84. The van der Waals surface area contributed by atoms with Crippen molar-refractivity contribution in [3.63, 3.8) is 0 Å². The van der Waals surface area contributed by atoms with Crippen LogP contribution in [0.2, 0.25) is 0 Å². The van der Waals surface area contributed by atoms with Gasteiger partial charge in [-0.25, -0.2) is 4.79 Å². The number of hydrogen-bond donors (Lipinski definition) is 2. The average molecular weight is 321 g/mol. The Morgan fingerprint density at radius 1 is 1.37 bits per heavy atom. The van der Waals surface area contributed by atoms with Crippen LogP contribution in [0, 0.1) is 6.92 Å². The minimum Gasteiger partial charge on any atom is -0.478 e. The fraction of sp³-hybridized carbons (Fsp3) is 0.143. The van der Waals surface area contributed by atoms with Crippen molar-refractivity contribution < 1.29 is 9.90 Å². The molecular weight excluding hydrogens is 308 g/mol. The van der Waals surface area contributed by atoms with Crippen LogP contribution in [0.1, 0.15) is 21.6 Å². The van der Waals surface area contributed by atoms with Crippen molar-refractivity contribution in [2.45, 2.75) is 13.5 Å². The van der Waals surface area contributed by atoms with Crippen molar-refractivity contribution in [3.05, 3.63) is 57.8 Å². The number of carbonyl (C=O) groups is 1. The molecule has 0 fully saturated rings. The molecule has 0 amide bonds. The quantitative estimate of drug-likeness (QED) is 0.905. The van der Waals surface area contributed by atoms with Gasteiger partial charge in [-0.05, 0) is 36.8 Å². The molecule has 0 bridgehead atoms. The highest BCUT2D eigenvalue weighted by molar-refractivity contribution is 9.10. The number of nitrogens with one attached hydrogen (secondary N) is 1. The Morgan fingerprint density at radius 3 is 2.79 bits per heavy atom. The predicted molar refractivity (Wildman–Crippen MR) is 77.4 cm³/mol. The third kappa shape index (κ3) is 3.32. The minimum atomic E-state index is -0.963. The molecule has 19 heavy (non-hydrogen) atoms. The number of carboxylic acid groups (broad SMARTS) is 1. The van der Waals surface area contributed by atoms with Crippen molar-refractivity contribution in [1.29, 1.82) is 0 Å².